The van der Waals surface area contributed by atoms with Gasteiger partial charge in [0.25, 0.3) is 0 Å². The number of aryl methyl sites for hydroxylation is 1. The second-order valence-electron chi connectivity index (χ2n) is 7.63. The Morgan fingerprint density at radius 2 is 1.71 bits per heavy atom. The Morgan fingerprint density at radius 3 is 2.29 bits per heavy atom. The molecule has 0 aromatic heterocycles. The predicted molar refractivity (Wildman–Crippen MR) is 100 cm³/mol. The van der Waals surface area contributed by atoms with Gasteiger partial charge in [0.05, 0.1) is 6.04 Å². The number of benzene rings is 1. The third-order valence-corrected chi connectivity index (χ3v) is 4.85. The molecule has 1 unspecified atom stereocenters. The molecule has 1 atom stereocenters. The molecule has 1 saturated heterocycles. The van der Waals surface area contributed by atoms with E-state index in [0.717, 1.165) is 19.0 Å². The second kappa shape index (κ2) is 9.07. The number of amides is 2. The van der Waals surface area contributed by atoms with Crippen molar-refractivity contribution in [1.82, 2.24) is 15.5 Å². The average Bonchev–Trinajstić information content (AvgIpc) is 2.56. The van der Waals surface area contributed by atoms with Crippen molar-refractivity contribution < 1.29 is 4.79 Å². The Kier molecular flexibility index (Phi) is 7.10. The largest absolute Gasteiger partial charge is 0.338 e. The Balaban J connectivity index is 2.00. The maximum absolute atomic E-state index is 12.0. The van der Waals surface area contributed by atoms with Gasteiger partial charge in [0.2, 0.25) is 0 Å². The van der Waals surface area contributed by atoms with E-state index in [-0.39, 0.29) is 12.1 Å². The molecule has 1 aromatic carbocycles. The molecule has 134 valence electrons. The molecule has 1 heterocycles. The van der Waals surface area contributed by atoms with Gasteiger partial charge in [-0.3, -0.25) is 4.90 Å². The van der Waals surface area contributed by atoms with Crippen LogP contribution in [0.25, 0.3) is 0 Å². The summed E-state index contributed by atoms with van der Waals surface area (Å²) < 4.78 is 0. The molecule has 1 aromatic rings. The number of rotatable bonds is 6. The zero-order valence-corrected chi connectivity index (χ0v) is 15.6. The van der Waals surface area contributed by atoms with Crippen LogP contribution in [0.5, 0.6) is 0 Å². The first-order chi connectivity index (χ1) is 11.5. The van der Waals surface area contributed by atoms with Crippen molar-refractivity contribution in [2.45, 2.75) is 46.6 Å². The monoisotopic (exact) mass is 331 g/mol. The minimum atomic E-state index is -0.0637. The summed E-state index contributed by atoms with van der Waals surface area (Å²) in [4.78, 5) is 14.6. The summed E-state index contributed by atoms with van der Waals surface area (Å²) in [6, 6.07) is 8.91. The Labute approximate surface area is 147 Å². The Bertz CT molecular complexity index is 504. The molecular formula is C20H33N3O. The SMILES string of the molecule is Cc1ccc(C(CNC(=O)NCC(C)C)N2CCC(C)CC2)cc1. The summed E-state index contributed by atoms with van der Waals surface area (Å²) in [5, 5.41) is 6.01. The molecule has 4 nitrogen and oxygen atoms in total. The average molecular weight is 332 g/mol. The van der Waals surface area contributed by atoms with E-state index in [1.165, 1.54) is 24.0 Å². The number of hydrogen-bond acceptors (Lipinski definition) is 2. The Hall–Kier alpha value is -1.55. The highest BCUT2D eigenvalue weighted by Crippen LogP contribution is 2.26. The molecule has 4 heteroatoms. The summed E-state index contributed by atoms with van der Waals surface area (Å²) in [6.45, 7) is 12.2. The first kappa shape index (κ1) is 18.8. The minimum Gasteiger partial charge on any atom is -0.338 e. The molecule has 0 bridgehead atoms. The molecule has 2 rings (SSSR count). The van der Waals surface area contributed by atoms with Gasteiger partial charge in [-0.05, 0) is 50.3 Å². The normalized spacial score (nSPS) is 17.7. The van der Waals surface area contributed by atoms with Crippen molar-refractivity contribution in [1.29, 1.82) is 0 Å². The lowest BCUT2D eigenvalue weighted by Gasteiger charge is -2.37. The van der Waals surface area contributed by atoms with Gasteiger partial charge in [0.15, 0.2) is 0 Å². The van der Waals surface area contributed by atoms with Crippen molar-refractivity contribution in [2.75, 3.05) is 26.2 Å². The van der Waals surface area contributed by atoms with Crippen LogP contribution in [0.15, 0.2) is 24.3 Å². The minimum absolute atomic E-state index is 0.0637. The van der Waals surface area contributed by atoms with E-state index >= 15 is 0 Å². The van der Waals surface area contributed by atoms with Gasteiger partial charge in [0.1, 0.15) is 0 Å². The molecule has 1 aliphatic heterocycles. The third kappa shape index (κ3) is 5.82. The number of hydrogen-bond donors (Lipinski definition) is 2. The first-order valence-corrected chi connectivity index (χ1v) is 9.28. The van der Waals surface area contributed by atoms with Crippen molar-refractivity contribution >= 4 is 6.03 Å². The van der Waals surface area contributed by atoms with Crippen molar-refractivity contribution in [3.63, 3.8) is 0 Å². The predicted octanol–water partition coefficient (Wildman–Crippen LogP) is 3.72. The number of carbonyl (C=O) groups excluding carboxylic acids is 1. The maximum Gasteiger partial charge on any atom is 0.314 e. The molecular weight excluding hydrogens is 298 g/mol. The van der Waals surface area contributed by atoms with Gasteiger partial charge >= 0.3 is 6.03 Å². The summed E-state index contributed by atoms with van der Waals surface area (Å²) in [5.41, 5.74) is 2.56. The van der Waals surface area contributed by atoms with Crippen LogP contribution >= 0.6 is 0 Å². The fourth-order valence-electron chi connectivity index (χ4n) is 3.14. The quantitative estimate of drug-likeness (QED) is 0.834. The topological polar surface area (TPSA) is 44.4 Å². The zero-order valence-electron chi connectivity index (χ0n) is 15.6. The van der Waals surface area contributed by atoms with Crippen LogP contribution in [-0.2, 0) is 0 Å². The second-order valence-corrected chi connectivity index (χ2v) is 7.63. The van der Waals surface area contributed by atoms with Gasteiger partial charge < -0.3 is 10.6 Å². The summed E-state index contributed by atoms with van der Waals surface area (Å²) in [5.74, 6) is 1.27. The van der Waals surface area contributed by atoms with E-state index in [1.54, 1.807) is 0 Å². The molecule has 2 amide bonds. The maximum atomic E-state index is 12.0. The van der Waals surface area contributed by atoms with Crippen LogP contribution in [0.4, 0.5) is 4.79 Å². The fraction of sp³-hybridized carbons (Fsp3) is 0.650. The molecule has 2 N–H and O–H groups in total. The number of carbonyl (C=O) groups is 1. The number of piperidine rings is 1. The smallest absolute Gasteiger partial charge is 0.314 e. The molecule has 24 heavy (non-hydrogen) atoms. The highest BCUT2D eigenvalue weighted by Gasteiger charge is 2.25. The van der Waals surface area contributed by atoms with E-state index in [2.05, 4.69) is 67.5 Å². The number of likely N-dealkylation sites (tertiary alicyclic amines) is 1. The Morgan fingerprint density at radius 1 is 1.12 bits per heavy atom. The van der Waals surface area contributed by atoms with Crippen molar-refractivity contribution in [3.8, 4) is 0 Å². The standard InChI is InChI=1S/C20H33N3O/c1-15(2)13-21-20(24)22-14-19(18-7-5-16(3)6-8-18)23-11-9-17(4)10-12-23/h5-8,15,17,19H,9-14H2,1-4H3,(H2,21,22,24). The van der Waals surface area contributed by atoms with Crippen LogP contribution in [0, 0.1) is 18.8 Å². The van der Waals surface area contributed by atoms with E-state index in [0.29, 0.717) is 19.0 Å². The summed E-state index contributed by atoms with van der Waals surface area (Å²) in [6.07, 6.45) is 2.48. The zero-order chi connectivity index (χ0) is 17.5. The molecule has 0 aliphatic carbocycles. The van der Waals surface area contributed by atoms with Crippen LogP contribution in [-0.4, -0.2) is 37.1 Å². The number of urea groups is 1. The molecule has 0 spiro atoms. The van der Waals surface area contributed by atoms with Crippen molar-refractivity contribution in [2.24, 2.45) is 11.8 Å². The fourth-order valence-corrected chi connectivity index (χ4v) is 3.14. The van der Waals surface area contributed by atoms with Crippen LogP contribution in [0.3, 0.4) is 0 Å². The van der Waals surface area contributed by atoms with Gasteiger partial charge in [0, 0.05) is 13.1 Å². The summed E-state index contributed by atoms with van der Waals surface area (Å²) >= 11 is 0. The van der Waals surface area contributed by atoms with Gasteiger partial charge in [-0.2, -0.15) is 0 Å². The molecule has 0 radical (unpaired) electrons. The number of nitrogens with one attached hydrogen (secondary N) is 2. The van der Waals surface area contributed by atoms with Crippen LogP contribution in [0.1, 0.15) is 50.8 Å². The molecule has 1 fully saturated rings. The number of nitrogens with zero attached hydrogens (tertiary/aromatic N) is 1. The van der Waals surface area contributed by atoms with E-state index < -0.39 is 0 Å². The highest BCUT2D eigenvalue weighted by molar-refractivity contribution is 5.73. The third-order valence-electron chi connectivity index (χ3n) is 4.85. The first-order valence-electron chi connectivity index (χ1n) is 9.28. The van der Waals surface area contributed by atoms with E-state index in [9.17, 15) is 4.79 Å². The molecule has 1 aliphatic rings. The van der Waals surface area contributed by atoms with Gasteiger partial charge in [-0.25, -0.2) is 4.79 Å². The van der Waals surface area contributed by atoms with Gasteiger partial charge in [-0.1, -0.05) is 50.6 Å². The van der Waals surface area contributed by atoms with Gasteiger partial charge in [-0.15, -0.1) is 0 Å². The van der Waals surface area contributed by atoms with Crippen LogP contribution < -0.4 is 10.6 Å². The lowest BCUT2D eigenvalue weighted by atomic mass is 9.95. The highest BCUT2D eigenvalue weighted by atomic mass is 16.2. The summed E-state index contributed by atoms with van der Waals surface area (Å²) in [7, 11) is 0. The molecule has 0 saturated carbocycles. The lowest BCUT2D eigenvalue weighted by molar-refractivity contribution is 0.136. The van der Waals surface area contributed by atoms with Crippen molar-refractivity contribution in [3.05, 3.63) is 35.4 Å². The van der Waals surface area contributed by atoms with Crippen LogP contribution in [0.2, 0.25) is 0 Å². The lowest BCUT2D eigenvalue weighted by Crippen LogP contribution is -2.45. The van der Waals surface area contributed by atoms with E-state index in [4.69, 9.17) is 0 Å². The van der Waals surface area contributed by atoms with E-state index in [1.807, 2.05) is 0 Å².